The number of likely N-dealkylation sites (N-methyl/N-ethyl adjacent to an activating group) is 1. The topological polar surface area (TPSA) is 30.5 Å². The summed E-state index contributed by atoms with van der Waals surface area (Å²) < 4.78 is 11.6. The van der Waals surface area contributed by atoms with Crippen LogP contribution in [0.25, 0.3) is 0 Å². The fraction of sp³-hybridized carbons (Fsp3) is 0.846. The number of hydrogen-bond acceptors (Lipinski definition) is 3. The Morgan fingerprint density at radius 2 is 1.88 bits per heavy atom. The highest BCUT2D eigenvalue weighted by Crippen LogP contribution is 2.36. The van der Waals surface area contributed by atoms with Crippen LogP contribution in [0.4, 0.5) is 0 Å². The molecule has 0 unspecified atom stereocenters. The van der Waals surface area contributed by atoms with Crippen molar-refractivity contribution in [2.45, 2.75) is 44.9 Å². The molecule has 17 heavy (non-hydrogen) atoms. The van der Waals surface area contributed by atoms with E-state index in [1.807, 2.05) is 7.05 Å². The summed E-state index contributed by atoms with van der Waals surface area (Å²) in [6, 6.07) is 0.254. The van der Waals surface area contributed by atoms with E-state index in [2.05, 4.69) is 45.8 Å². The molecule has 0 bridgehead atoms. The molecule has 0 aliphatic heterocycles. The van der Waals surface area contributed by atoms with Crippen LogP contribution in [0.1, 0.15) is 20.8 Å². The second-order valence-corrected chi connectivity index (χ2v) is 10.7. The Hall–Kier alpha value is -0.163. The molecule has 1 atom stereocenters. The first-order valence-corrected chi connectivity index (χ1v) is 9.15. The maximum atomic E-state index is 6.15. The van der Waals surface area contributed by atoms with E-state index in [1.54, 1.807) is 6.08 Å². The van der Waals surface area contributed by atoms with E-state index in [-0.39, 0.29) is 11.1 Å². The Bertz CT molecular complexity index is 224. The molecule has 0 fully saturated rings. The van der Waals surface area contributed by atoms with E-state index >= 15 is 0 Å². The van der Waals surface area contributed by atoms with Crippen molar-refractivity contribution in [3.63, 3.8) is 0 Å². The van der Waals surface area contributed by atoms with Crippen LogP contribution < -0.4 is 5.32 Å². The maximum Gasteiger partial charge on any atom is 0.192 e. The van der Waals surface area contributed by atoms with Crippen molar-refractivity contribution >= 4 is 8.32 Å². The molecule has 0 spiro atoms. The standard InChI is InChI=1S/C13H29NO2Si/c1-8-9-15-10-12(14-5)11-16-17(6,7)13(2,3)4/h8,12,14H,1,9-11H2,2-7H3/t12-/m1/s1. The van der Waals surface area contributed by atoms with Gasteiger partial charge in [-0.15, -0.1) is 6.58 Å². The minimum atomic E-state index is -1.65. The van der Waals surface area contributed by atoms with Crippen LogP contribution >= 0.6 is 0 Å². The number of ether oxygens (including phenoxy) is 1. The molecule has 0 saturated carbocycles. The van der Waals surface area contributed by atoms with Gasteiger partial charge in [0.25, 0.3) is 0 Å². The molecule has 3 nitrogen and oxygen atoms in total. The minimum Gasteiger partial charge on any atom is -0.415 e. The molecule has 1 N–H and O–H groups in total. The molecule has 102 valence electrons. The lowest BCUT2D eigenvalue weighted by atomic mass is 10.2. The predicted octanol–water partition coefficient (Wildman–Crippen LogP) is 2.80. The Balaban J connectivity index is 4.09. The van der Waals surface area contributed by atoms with Gasteiger partial charge in [-0.1, -0.05) is 26.8 Å². The monoisotopic (exact) mass is 259 g/mol. The largest absolute Gasteiger partial charge is 0.415 e. The van der Waals surface area contributed by atoms with Gasteiger partial charge in [-0.3, -0.25) is 0 Å². The number of nitrogens with one attached hydrogen (secondary N) is 1. The molecule has 0 aromatic rings. The highest BCUT2D eigenvalue weighted by Gasteiger charge is 2.37. The highest BCUT2D eigenvalue weighted by atomic mass is 28.4. The lowest BCUT2D eigenvalue weighted by Gasteiger charge is -2.37. The lowest BCUT2D eigenvalue weighted by Crippen LogP contribution is -2.45. The minimum absolute atomic E-state index is 0.254. The fourth-order valence-corrected chi connectivity index (χ4v) is 2.08. The summed E-state index contributed by atoms with van der Waals surface area (Å²) in [5.41, 5.74) is 0. The molecular weight excluding hydrogens is 230 g/mol. The van der Waals surface area contributed by atoms with Crippen LogP contribution in [0.2, 0.25) is 18.1 Å². The van der Waals surface area contributed by atoms with Gasteiger partial charge in [-0.25, -0.2) is 0 Å². The zero-order valence-electron chi connectivity index (χ0n) is 12.3. The second-order valence-electron chi connectivity index (χ2n) is 5.88. The van der Waals surface area contributed by atoms with Crippen molar-refractivity contribution < 1.29 is 9.16 Å². The summed E-state index contributed by atoms with van der Waals surface area (Å²) in [6.45, 7) is 16.9. The van der Waals surface area contributed by atoms with Gasteiger partial charge in [0, 0.05) is 0 Å². The van der Waals surface area contributed by atoms with Crippen LogP contribution in [0.15, 0.2) is 12.7 Å². The van der Waals surface area contributed by atoms with Crippen LogP contribution in [0, 0.1) is 0 Å². The van der Waals surface area contributed by atoms with Crippen LogP contribution in [0.3, 0.4) is 0 Å². The highest BCUT2D eigenvalue weighted by molar-refractivity contribution is 6.74. The SMILES string of the molecule is C=CCOC[C@H](CO[Si](C)(C)C(C)(C)C)NC. The third kappa shape index (κ3) is 6.36. The summed E-state index contributed by atoms with van der Waals surface area (Å²) in [5, 5.41) is 3.48. The van der Waals surface area contributed by atoms with Crippen molar-refractivity contribution in [1.29, 1.82) is 0 Å². The van der Waals surface area contributed by atoms with Gasteiger partial charge in [-0.05, 0) is 25.2 Å². The van der Waals surface area contributed by atoms with E-state index in [0.717, 1.165) is 0 Å². The van der Waals surface area contributed by atoms with Crippen molar-refractivity contribution in [2.24, 2.45) is 0 Å². The summed E-state index contributed by atoms with van der Waals surface area (Å²) >= 11 is 0. The molecule has 0 saturated heterocycles. The Labute approximate surface area is 108 Å². The smallest absolute Gasteiger partial charge is 0.192 e. The van der Waals surface area contributed by atoms with Crippen molar-refractivity contribution in [3.05, 3.63) is 12.7 Å². The summed E-state index contributed by atoms with van der Waals surface area (Å²) in [4.78, 5) is 0. The molecule has 0 aromatic heterocycles. The molecule has 0 radical (unpaired) electrons. The summed E-state index contributed by atoms with van der Waals surface area (Å²) in [5.74, 6) is 0. The molecule has 4 heteroatoms. The van der Waals surface area contributed by atoms with Crippen LogP contribution in [0.5, 0.6) is 0 Å². The van der Waals surface area contributed by atoms with E-state index in [0.29, 0.717) is 19.8 Å². The Morgan fingerprint density at radius 1 is 1.29 bits per heavy atom. The lowest BCUT2D eigenvalue weighted by molar-refractivity contribution is 0.112. The average molecular weight is 259 g/mol. The van der Waals surface area contributed by atoms with Crippen molar-refractivity contribution in [1.82, 2.24) is 5.32 Å². The van der Waals surface area contributed by atoms with Crippen LogP contribution in [-0.4, -0.2) is 41.2 Å². The molecule has 0 aliphatic rings. The zero-order chi connectivity index (χ0) is 13.5. The fourth-order valence-electron chi connectivity index (χ4n) is 1.03. The second kappa shape index (κ2) is 7.31. The Morgan fingerprint density at radius 3 is 2.29 bits per heavy atom. The number of rotatable bonds is 8. The van der Waals surface area contributed by atoms with Gasteiger partial charge in [0.05, 0.1) is 25.9 Å². The van der Waals surface area contributed by atoms with Gasteiger partial charge < -0.3 is 14.5 Å². The van der Waals surface area contributed by atoms with E-state index in [1.165, 1.54) is 0 Å². The average Bonchev–Trinajstić information content (AvgIpc) is 2.21. The van der Waals surface area contributed by atoms with Gasteiger partial charge >= 0.3 is 0 Å². The molecule has 0 rings (SSSR count). The third-order valence-corrected chi connectivity index (χ3v) is 7.92. The summed E-state index contributed by atoms with van der Waals surface area (Å²) in [7, 11) is 0.294. The Kier molecular flexibility index (Phi) is 7.24. The molecule has 0 amide bonds. The first-order chi connectivity index (χ1) is 7.74. The molecule has 0 heterocycles. The van der Waals surface area contributed by atoms with Crippen molar-refractivity contribution in [2.75, 3.05) is 26.9 Å². The quantitative estimate of drug-likeness (QED) is 0.413. The normalized spacial score (nSPS) is 14.7. The van der Waals surface area contributed by atoms with Gasteiger partial charge in [0.15, 0.2) is 8.32 Å². The maximum absolute atomic E-state index is 6.15. The van der Waals surface area contributed by atoms with Crippen molar-refractivity contribution in [3.8, 4) is 0 Å². The van der Waals surface area contributed by atoms with E-state index in [4.69, 9.17) is 9.16 Å². The zero-order valence-corrected chi connectivity index (χ0v) is 13.3. The molecule has 0 aliphatic carbocycles. The van der Waals surface area contributed by atoms with E-state index < -0.39 is 8.32 Å². The number of hydrogen-bond donors (Lipinski definition) is 1. The van der Waals surface area contributed by atoms with Gasteiger partial charge in [0.1, 0.15) is 0 Å². The summed E-state index contributed by atoms with van der Waals surface area (Å²) in [6.07, 6.45) is 1.77. The first kappa shape index (κ1) is 16.8. The van der Waals surface area contributed by atoms with E-state index in [9.17, 15) is 0 Å². The first-order valence-electron chi connectivity index (χ1n) is 6.24. The third-order valence-electron chi connectivity index (χ3n) is 3.41. The molecular formula is C13H29NO2Si. The molecule has 0 aromatic carbocycles. The van der Waals surface area contributed by atoms with Gasteiger partial charge in [-0.2, -0.15) is 0 Å². The van der Waals surface area contributed by atoms with Gasteiger partial charge in [0.2, 0.25) is 0 Å². The van der Waals surface area contributed by atoms with Crippen LogP contribution in [-0.2, 0) is 9.16 Å². The predicted molar refractivity (Wildman–Crippen MR) is 77.0 cm³/mol.